The summed E-state index contributed by atoms with van der Waals surface area (Å²) in [5.74, 6) is 0.165. The van der Waals surface area contributed by atoms with Gasteiger partial charge < -0.3 is 4.74 Å². The minimum Gasteiger partial charge on any atom is -0.462 e. The predicted octanol–water partition coefficient (Wildman–Crippen LogP) is 1.99. The zero-order valence-corrected chi connectivity index (χ0v) is 12.3. The summed E-state index contributed by atoms with van der Waals surface area (Å²) in [5, 5.41) is 5.08. The summed E-state index contributed by atoms with van der Waals surface area (Å²) in [7, 11) is -3.82. The highest BCUT2D eigenvalue weighted by Gasteiger charge is 2.18. The predicted molar refractivity (Wildman–Crippen MR) is 74.8 cm³/mol. The molecule has 6 heteroatoms. The van der Waals surface area contributed by atoms with Crippen LogP contribution in [-0.4, -0.2) is 21.0 Å². The Morgan fingerprint density at radius 2 is 2.05 bits per heavy atom. The number of nitrogens with two attached hydrogens (primary N) is 1. The molecule has 2 N–H and O–H groups in total. The quantitative estimate of drug-likeness (QED) is 0.842. The van der Waals surface area contributed by atoms with Crippen LogP contribution in [-0.2, 0) is 14.8 Å². The van der Waals surface area contributed by atoms with E-state index in [9.17, 15) is 13.2 Å². The van der Waals surface area contributed by atoms with Crippen LogP contribution in [0.15, 0.2) is 23.1 Å². The van der Waals surface area contributed by atoms with E-state index in [1.807, 2.05) is 0 Å². The molecule has 0 heterocycles. The van der Waals surface area contributed by atoms with Crippen molar-refractivity contribution < 1.29 is 17.9 Å². The molecule has 0 saturated heterocycles. The van der Waals surface area contributed by atoms with Gasteiger partial charge in [0.2, 0.25) is 10.0 Å². The molecular formula is C14H19NO4S. The monoisotopic (exact) mass is 297 g/mol. The zero-order valence-electron chi connectivity index (χ0n) is 11.5. The van der Waals surface area contributed by atoms with Crippen LogP contribution < -0.4 is 5.14 Å². The summed E-state index contributed by atoms with van der Waals surface area (Å²) < 4.78 is 27.9. The van der Waals surface area contributed by atoms with Crippen LogP contribution in [0.3, 0.4) is 0 Å². The van der Waals surface area contributed by atoms with Gasteiger partial charge in [0.15, 0.2) is 0 Å². The first-order chi connectivity index (χ1) is 9.36. The van der Waals surface area contributed by atoms with E-state index in [0.29, 0.717) is 18.1 Å². The third-order valence-electron chi connectivity index (χ3n) is 3.60. The van der Waals surface area contributed by atoms with E-state index in [1.54, 1.807) is 13.0 Å². The smallest absolute Gasteiger partial charge is 0.338 e. The topological polar surface area (TPSA) is 86.5 Å². The molecule has 0 bridgehead atoms. The molecule has 2 rings (SSSR count). The summed E-state index contributed by atoms with van der Waals surface area (Å²) in [4.78, 5) is 11.8. The molecule has 1 aliphatic carbocycles. The average molecular weight is 297 g/mol. The van der Waals surface area contributed by atoms with Crippen molar-refractivity contribution >= 4 is 16.0 Å². The molecule has 0 aromatic heterocycles. The Morgan fingerprint density at radius 1 is 1.35 bits per heavy atom. The molecule has 1 aliphatic rings. The van der Waals surface area contributed by atoms with Crippen LogP contribution >= 0.6 is 0 Å². The van der Waals surface area contributed by atoms with Crippen molar-refractivity contribution in [1.82, 2.24) is 0 Å². The number of benzene rings is 1. The maximum absolute atomic E-state index is 11.9. The first-order valence-electron chi connectivity index (χ1n) is 6.68. The van der Waals surface area contributed by atoms with Crippen molar-refractivity contribution in [3.8, 4) is 0 Å². The first-order valence-corrected chi connectivity index (χ1v) is 8.22. The highest BCUT2D eigenvalue weighted by atomic mass is 32.2. The van der Waals surface area contributed by atoms with Crippen molar-refractivity contribution in [2.75, 3.05) is 6.61 Å². The number of carbonyl (C=O) groups excluding carboxylic acids is 1. The third-order valence-corrected chi connectivity index (χ3v) is 4.49. The summed E-state index contributed by atoms with van der Waals surface area (Å²) in [6, 6.07) is 4.29. The number of primary sulfonamides is 1. The number of hydrogen-bond donors (Lipinski definition) is 1. The minimum atomic E-state index is -3.82. The minimum absolute atomic E-state index is 0.0663. The highest BCUT2D eigenvalue weighted by Crippen LogP contribution is 2.29. The van der Waals surface area contributed by atoms with Crippen LogP contribution in [0.25, 0.3) is 0 Å². The molecule has 5 nitrogen and oxygen atoms in total. The molecule has 0 spiro atoms. The first kappa shape index (κ1) is 15.0. The number of aryl methyl sites for hydroxylation is 1. The fourth-order valence-electron chi connectivity index (χ4n) is 2.21. The second kappa shape index (κ2) is 5.93. The molecule has 1 saturated carbocycles. The van der Waals surface area contributed by atoms with Crippen molar-refractivity contribution in [1.29, 1.82) is 0 Å². The van der Waals surface area contributed by atoms with Gasteiger partial charge in [-0.1, -0.05) is 19.3 Å². The van der Waals surface area contributed by atoms with Gasteiger partial charge in [0.1, 0.15) is 0 Å². The molecular weight excluding hydrogens is 278 g/mol. The molecule has 0 amide bonds. The molecule has 0 aliphatic heterocycles. The van der Waals surface area contributed by atoms with Gasteiger partial charge in [0, 0.05) is 0 Å². The second-order valence-corrected chi connectivity index (χ2v) is 6.86. The molecule has 0 radical (unpaired) electrons. The van der Waals surface area contributed by atoms with Gasteiger partial charge in [-0.2, -0.15) is 0 Å². The Bertz CT molecular complexity index is 606. The van der Waals surface area contributed by atoms with Gasteiger partial charge in [-0.15, -0.1) is 0 Å². The molecule has 1 aromatic rings. The Morgan fingerprint density at radius 3 is 2.60 bits per heavy atom. The number of rotatable bonds is 5. The van der Waals surface area contributed by atoms with Crippen LogP contribution in [0.4, 0.5) is 0 Å². The Balaban J connectivity index is 2.03. The number of ether oxygens (including phenoxy) is 1. The van der Waals surface area contributed by atoms with Gasteiger partial charge in [-0.25, -0.2) is 18.4 Å². The largest absolute Gasteiger partial charge is 0.462 e. The van der Waals surface area contributed by atoms with E-state index in [4.69, 9.17) is 9.88 Å². The van der Waals surface area contributed by atoms with Gasteiger partial charge in [-0.3, -0.25) is 0 Å². The second-order valence-electron chi connectivity index (χ2n) is 5.30. The third kappa shape index (κ3) is 3.80. The Labute approximate surface area is 119 Å². The molecule has 1 fully saturated rings. The Kier molecular flexibility index (Phi) is 4.45. The lowest BCUT2D eigenvalue weighted by molar-refractivity contribution is 0.0464. The van der Waals surface area contributed by atoms with E-state index in [-0.39, 0.29) is 10.5 Å². The lowest BCUT2D eigenvalue weighted by atomic mass is 9.83. The van der Waals surface area contributed by atoms with Crippen molar-refractivity contribution in [3.05, 3.63) is 29.3 Å². The summed E-state index contributed by atoms with van der Waals surface area (Å²) >= 11 is 0. The molecule has 110 valence electrons. The van der Waals surface area contributed by atoms with Crippen LogP contribution in [0.2, 0.25) is 0 Å². The van der Waals surface area contributed by atoms with Gasteiger partial charge in [0.05, 0.1) is 17.1 Å². The van der Waals surface area contributed by atoms with Crippen molar-refractivity contribution in [3.63, 3.8) is 0 Å². The van der Waals surface area contributed by atoms with Crippen LogP contribution in [0.5, 0.6) is 0 Å². The van der Waals surface area contributed by atoms with E-state index < -0.39 is 16.0 Å². The van der Waals surface area contributed by atoms with Crippen LogP contribution in [0, 0.1) is 12.8 Å². The summed E-state index contributed by atoms with van der Waals surface area (Å²) in [6.45, 7) is 2.09. The fourth-order valence-corrected chi connectivity index (χ4v) is 2.85. The number of hydrogen-bond acceptors (Lipinski definition) is 4. The summed E-state index contributed by atoms with van der Waals surface area (Å²) in [6.07, 6.45) is 4.54. The van der Waals surface area contributed by atoms with E-state index in [0.717, 1.165) is 6.42 Å². The molecule has 1 aromatic carbocycles. The van der Waals surface area contributed by atoms with Crippen molar-refractivity contribution in [2.45, 2.75) is 37.5 Å². The highest BCUT2D eigenvalue weighted by molar-refractivity contribution is 7.89. The van der Waals surface area contributed by atoms with E-state index in [1.165, 1.54) is 31.4 Å². The van der Waals surface area contributed by atoms with Crippen molar-refractivity contribution in [2.24, 2.45) is 11.1 Å². The van der Waals surface area contributed by atoms with Crippen LogP contribution in [0.1, 0.15) is 41.6 Å². The SMILES string of the molecule is Cc1cc(C(=O)OCCC2CCC2)cc(S(N)(=O)=O)c1. The normalized spacial score (nSPS) is 15.7. The van der Waals surface area contributed by atoms with E-state index >= 15 is 0 Å². The number of esters is 1. The average Bonchev–Trinajstić information content (AvgIpc) is 2.30. The standard InChI is InChI=1S/C14H19NO4S/c1-10-7-12(9-13(8-10)20(15,17)18)14(16)19-6-5-11-3-2-4-11/h7-9,11H,2-6H2,1H3,(H2,15,17,18). The summed E-state index contributed by atoms with van der Waals surface area (Å²) in [5.41, 5.74) is 0.880. The number of carbonyl (C=O) groups is 1. The molecule has 0 atom stereocenters. The molecule has 20 heavy (non-hydrogen) atoms. The van der Waals surface area contributed by atoms with Gasteiger partial charge in [0.25, 0.3) is 0 Å². The Hall–Kier alpha value is -1.40. The van der Waals surface area contributed by atoms with Gasteiger partial charge in [-0.05, 0) is 43.0 Å². The maximum atomic E-state index is 11.9. The lowest BCUT2D eigenvalue weighted by Crippen LogP contribution is -2.16. The lowest BCUT2D eigenvalue weighted by Gasteiger charge is -2.24. The molecule has 0 unspecified atom stereocenters. The van der Waals surface area contributed by atoms with Gasteiger partial charge >= 0.3 is 5.97 Å². The van der Waals surface area contributed by atoms with E-state index in [2.05, 4.69) is 0 Å². The zero-order chi connectivity index (χ0) is 14.8. The fraction of sp³-hybridized carbons (Fsp3) is 0.500. The maximum Gasteiger partial charge on any atom is 0.338 e. The number of sulfonamides is 1.